The molecule has 13 heteroatoms. The first kappa shape index (κ1) is 24.9. The number of alkyl halides is 2. The van der Waals surface area contributed by atoms with E-state index >= 15 is 0 Å². The van der Waals surface area contributed by atoms with Crippen molar-refractivity contribution in [2.24, 2.45) is 0 Å². The van der Waals surface area contributed by atoms with E-state index in [0.29, 0.717) is 24.9 Å². The normalized spacial score (nSPS) is 16.5. The number of benzene rings is 1. The van der Waals surface area contributed by atoms with Crippen molar-refractivity contribution in [2.45, 2.75) is 38.3 Å². The monoisotopic (exact) mass is 511 g/mol. The molecule has 0 bridgehead atoms. The van der Waals surface area contributed by atoms with Gasteiger partial charge in [0, 0.05) is 24.7 Å². The van der Waals surface area contributed by atoms with E-state index in [1.54, 1.807) is 0 Å². The highest BCUT2D eigenvalue weighted by atomic mass is 32.1. The van der Waals surface area contributed by atoms with Crippen LogP contribution < -0.4 is 21.3 Å². The molecule has 1 saturated heterocycles. The molecular weight excluding hydrogens is 486 g/mol. The van der Waals surface area contributed by atoms with Crippen LogP contribution in [0.4, 0.5) is 34.1 Å². The summed E-state index contributed by atoms with van der Waals surface area (Å²) >= 11 is 0.842. The van der Waals surface area contributed by atoms with Gasteiger partial charge in [-0.2, -0.15) is 5.10 Å². The van der Waals surface area contributed by atoms with Crippen LogP contribution in [0, 0.1) is 11.6 Å². The van der Waals surface area contributed by atoms with Gasteiger partial charge in [-0.25, -0.2) is 27.2 Å². The van der Waals surface area contributed by atoms with E-state index in [0.717, 1.165) is 48.8 Å². The number of amides is 1. The fourth-order valence-corrected chi connectivity index (χ4v) is 4.96. The fraction of sp³-hybridized carbons (Fsp3) is 0.409. The van der Waals surface area contributed by atoms with Gasteiger partial charge < -0.3 is 21.3 Å². The van der Waals surface area contributed by atoms with Crippen molar-refractivity contribution in [3.63, 3.8) is 0 Å². The lowest BCUT2D eigenvalue weighted by Crippen LogP contribution is -2.31. The van der Waals surface area contributed by atoms with Crippen LogP contribution >= 0.6 is 11.3 Å². The molecule has 188 valence electrons. The van der Waals surface area contributed by atoms with Crippen LogP contribution in [-0.2, 0) is 6.54 Å². The van der Waals surface area contributed by atoms with Gasteiger partial charge in [-0.15, -0.1) is 0 Å². The van der Waals surface area contributed by atoms with E-state index < -0.39 is 30.5 Å². The second-order valence-electron chi connectivity index (χ2n) is 8.17. The van der Waals surface area contributed by atoms with Crippen LogP contribution in [0.3, 0.4) is 0 Å². The highest BCUT2D eigenvalue weighted by Gasteiger charge is 2.26. The third-order valence-electron chi connectivity index (χ3n) is 5.83. The van der Waals surface area contributed by atoms with Gasteiger partial charge in [-0.05, 0) is 44.5 Å². The second kappa shape index (κ2) is 10.6. The predicted molar refractivity (Wildman–Crippen MR) is 127 cm³/mol. The molecule has 4 rings (SSSR count). The Morgan fingerprint density at radius 2 is 2.09 bits per heavy atom. The van der Waals surface area contributed by atoms with Gasteiger partial charge in [-0.3, -0.25) is 4.79 Å². The first-order chi connectivity index (χ1) is 16.8. The Kier molecular flexibility index (Phi) is 7.55. The lowest BCUT2D eigenvalue weighted by atomic mass is 10.1. The maximum atomic E-state index is 14.2. The highest BCUT2D eigenvalue weighted by Crippen LogP contribution is 2.34. The number of nitrogens with two attached hydrogens (primary N) is 1. The maximum absolute atomic E-state index is 14.2. The molecule has 3 heterocycles. The summed E-state index contributed by atoms with van der Waals surface area (Å²) in [6, 6.07) is 3.22. The van der Waals surface area contributed by atoms with Gasteiger partial charge in [0.05, 0.1) is 6.20 Å². The van der Waals surface area contributed by atoms with E-state index in [4.69, 9.17) is 5.73 Å². The van der Waals surface area contributed by atoms with Gasteiger partial charge in [0.15, 0.2) is 11.5 Å². The number of hydrogen-bond acceptors (Lipinski definition) is 7. The van der Waals surface area contributed by atoms with Crippen molar-refractivity contribution in [2.75, 3.05) is 36.1 Å². The van der Waals surface area contributed by atoms with E-state index in [1.165, 1.54) is 10.9 Å². The zero-order valence-corrected chi connectivity index (χ0v) is 19.7. The van der Waals surface area contributed by atoms with Gasteiger partial charge in [0.1, 0.15) is 33.9 Å². The Morgan fingerprint density at radius 3 is 2.83 bits per heavy atom. The number of thiazole rings is 1. The summed E-state index contributed by atoms with van der Waals surface area (Å²) in [5.74, 6) is -1.69. The topological polar surface area (TPSA) is 101 Å². The number of carbonyl (C=O) groups excluding carboxylic acids is 1. The lowest BCUT2D eigenvalue weighted by Gasteiger charge is -2.25. The number of aromatic nitrogens is 3. The van der Waals surface area contributed by atoms with Gasteiger partial charge >= 0.3 is 0 Å². The molecule has 8 nitrogen and oxygen atoms in total. The molecular formula is C22H25F4N7OS. The molecule has 3 aromatic rings. The summed E-state index contributed by atoms with van der Waals surface area (Å²) in [6.07, 6.45) is 1.25. The van der Waals surface area contributed by atoms with E-state index in [1.807, 2.05) is 11.9 Å². The quantitative estimate of drug-likeness (QED) is 0.415. The van der Waals surface area contributed by atoms with Crippen molar-refractivity contribution >= 4 is 33.8 Å². The van der Waals surface area contributed by atoms with Crippen molar-refractivity contribution in [3.8, 4) is 10.6 Å². The predicted octanol–water partition coefficient (Wildman–Crippen LogP) is 3.96. The van der Waals surface area contributed by atoms with E-state index in [-0.39, 0.29) is 27.0 Å². The van der Waals surface area contributed by atoms with Crippen LogP contribution in [0.5, 0.6) is 0 Å². The number of nitrogens with one attached hydrogen (secondary N) is 2. The molecule has 1 aliphatic heterocycles. The number of nitrogens with zero attached hydrogens (tertiary/aromatic N) is 4. The summed E-state index contributed by atoms with van der Waals surface area (Å²) in [7, 11) is 1.88. The van der Waals surface area contributed by atoms with E-state index in [2.05, 4.69) is 20.7 Å². The Morgan fingerprint density at radius 1 is 1.29 bits per heavy atom. The molecule has 0 unspecified atom stereocenters. The maximum Gasteiger partial charge on any atom is 0.277 e. The molecule has 1 aromatic carbocycles. The van der Waals surface area contributed by atoms with Gasteiger partial charge in [0.2, 0.25) is 0 Å². The second-order valence-corrected chi connectivity index (χ2v) is 9.20. The molecule has 35 heavy (non-hydrogen) atoms. The Labute approximate surface area is 203 Å². The zero-order valence-electron chi connectivity index (χ0n) is 18.9. The minimum absolute atomic E-state index is 0.00863. The third-order valence-corrected chi connectivity index (χ3v) is 6.75. The minimum atomic E-state index is -2.63. The Balaban J connectivity index is 1.62. The standard InChI is InChI=1S/C22H25F4N7OS/c1-28-13-3-2-7-32(8-6-13)22-16(10-29-33(22)11-17(25)26)30-20(34)18-19(27)35-21(31-18)14-9-12(23)4-5-15(14)24/h4-5,9-10,13,17,28H,2-3,6-8,11,27H2,1H3,(H,30,34)/t13-/m1/s1. The fourth-order valence-electron chi connectivity index (χ4n) is 4.11. The van der Waals surface area contributed by atoms with Crippen molar-refractivity contribution in [1.82, 2.24) is 20.1 Å². The smallest absolute Gasteiger partial charge is 0.277 e. The van der Waals surface area contributed by atoms with Crippen LogP contribution in [0.25, 0.3) is 10.6 Å². The highest BCUT2D eigenvalue weighted by molar-refractivity contribution is 7.19. The minimum Gasteiger partial charge on any atom is -0.389 e. The van der Waals surface area contributed by atoms with Gasteiger partial charge in [0.25, 0.3) is 12.3 Å². The molecule has 2 aromatic heterocycles. The molecule has 0 aliphatic carbocycles. The van der Waals surface area contributed by atoms with Gasteiger partial charge in [-0.1, -0.05) is 11.3 Å². The summed E-state index contributed by atoms with van der Waals surface area (Å²) in [6.45, 7) is 0.571. The number of halogens is 4. The average molecular weight is 512 g/mol. The van der Waals surface area contributed by atoms with E-state index in [9.17, 15) is 22.4 Å². The van der Waals surface area contributed by atoms with Crippen LogP contribution in [0.2, 0.25) is 0 Å². The molecule has 4 N–H and O–H groups in total. The number of nitrogen functional groups attached to an aromatic ring is 1. The number of hydrogen-bond donors (Lipinski definition) is 3. The molecule has 1 fully saturated rings. The Bertz CT molecular complexity index is 1200. The van der Waals surface area contributed by atoms with Crippen molar-refractivity contribution in [1.29, 1.82) is 0 Å². The lowest BCUT2D eigenvalue weighted by molar-refractivity contribution is 0.102. The van der Waals surface area contributed by atoms with Crippen LogP contribution in [0.1, 0.15) is 29.8 Å². The van der Waals surface area contributed by atoms with Crippen molar-refractivity contribution < 1.29 is 22.4 Å². The largest absolute Gasteiger partial charge is 0.389 e. The zero-order chi connectivity index (χ0) is 25.1. The van der Waals surface area contributed by atoms with Crippen LogP contribution in [0.15, 0.2) is 24.4 Å². The molecule has 1 aliphatic rings. The first-order valence-corrected chi connectivity index (χ1v) is 11.9. The Hall–Kier alpha value is -3.19. The number of rotatable bonds is 7. The number of anilines is 3. The average Bonchev–Trinajstić information content (AvgIpc) is 3.29. The molecule has 1 amide bonds. The van der Waals surface area contributed by atoms with Crippen LogP contribution in [-0.4, -0.2) is 53.3 Å². The summed E-state index contributed by atoms with van der Waals surface area (Å²) in [5.41, 5.74) is 5.92. The first-order valence-electron chi connectivity index (χ1n) is 11.1. The SMILES string of the molecule is CN[C@@H]1CCCN(c2c(NC(=O)c3nc(-c4cc(F)ccc4F)sc3N)cnn2CC(F)F)CC1. The van der Waals surface area contributed by atoms with Crippen molar-refractivity contribution in [3.05, 3.63) is 41.7 Å². The summed E-state index contributed by atoms with van der Waals surface area (Å²) in [5, 5.41) is 10.0. The molecule has 0 spiro atoms. The summed E-state index contributed by atoms with van der Waals surface area (Å²) < 4.78 is 55.4. The molecule has 0 saturated carbocycles. The number of carbonyl (C=O) groups is 1. The third kappa shape index (κ3) is 5.56. The molecule has 0 radical (unpaired) electrons. The molecule has 1 atom stereocenters. The summed E-state index contributed by atoms with van der Waals surface area (Å²) in [4.78, 5) is 19.1.